The molecular formula is C26H28O2. The Labute approximate surface area is 167 Å². The lowest BCUT2D eigenvalue weighted by Crippen LogP contribution is -2.24. The van der Waals surface area contributed by atoms with Gasteiger partial charge in [-0.25, -0.2) is 0 Å². The summed E-state index contributed by atoms with van der Waals surface area (Å²) < 4.78 is 6.10. The van der Waals surface area contributed by atoms with Gasteiger partial charge in [-0.2, -0.15) is 0 Å². The summed E-state index contributed by atoms with van der Waals surface area (Å²) >= 11 is 0. The zero-order valence-electron chi connectivity index (χ0n) is 16.9. The molecule has 0 bridgehead atoms. The van der Waals surface area contributed by atoms with E-state index in [1.807, 2.05) is 0 Å². The molecular weight excluding hydrogens is 344 g/mol. The molecule has 0 saturated carbocycles. The van der Waals surface area contributed by atoms with Crippen LogP contribution in [0.1, 0.15) is 61.3 Å². The maximum absolute atomic E-state index is 9.76. The number of aromatic hydroxyl groups is 1. The van der Waals surface area contributed by atoms with Crippen LogP contribution in [0.4, 0.5) is 0 Å². The first-order chi connectivity index (χ1) is 13.4. The van der Waals surface area contributed by atoms with E-state index in [1.54, 1.807) is 12.1 Å². The third kappa shape index (κ3) is 3.91. The van der Waals surface area contributed by atoms with Crippen LogP contribution in [-0.2, 0) is 6.42 Å². The number of aryl methyl sites for hydroxylation is 1. The van der Waals surface area contributed by atoms with E-state index in [1.165, 1.54) is 22.3 Å². The van der Waals surface area contributed by atoms with Crippen LogP contribution in [-0.4, -0.2) is 10.7 Å². The molecule has 144 valence electrons. The first-order valence-electron chi connectivity index (χ1n) is 10.1. The minimum atomic E-state index is -0.203. The monoisotopic (exact) mass is 372 g/mol. The number of phenolic OH excluding ortho intramolecular Hbond substituents is 1. The third-order valence-corrected chi connectivity index (χ3v) is 5.48. The van der Waals surface area contributed by atoms with Crippen LogP contribution in [0.15, 0.2) is 72.8 Å². The van der Waals surface area contributed by atoms with E-state index in [9.17, 15) is 5.11 Å². The number of ether oxygens (including phenoxy) is 1. The van der Waals surface area contributed by atoms with Gasteiger partial charge < -0.3 is 9.84 Å². The molecule has 0 radical (unpaired) electrons. The van der Waals surface area contributed by atoms with Gasteiger partial charge in [-0.15, -0.1) is 0 Å². The minimum Gasteiger partial charge on any atom is -0.508 e. The zero-order valence-corrected chi connectivity index (χ0v) is 16.9. The van der Waals surface area contributed by atoms with Crippen molar-refractivity contribution in [2.75, 3.05) is 0 Å². The van der Waals surface area contributed by atoms with E-state index in [-0.39, 0.29) is 11.5 Å². The average molecular weight is 373 g/mol. The van der Waals surface area contributed by atoms with Gasteiger partial charge in [-0.1, -0.05) is 48.5 Å². The van der Waals surface area contributed by atoms with E-state index >= 15 is 0 Å². The lowest BCUT2D eigenvalue weighted by atomic mass is 9.69. The van der Waals surface area contributed by atoms with Crippen LogP contribution in [0.5, 0.6) is 11.5 Å². The first kappa shape index (κ1) is 18.6. The van der Waals surface area contributed by atoms with Crippen LogP contribution < -0.4 is 4.74 Å². The Hall–Kier alpha value is -2.74. The summed E-state index contributed by atoms with van der Waals surface area (Å²) in [4.78, 5) is 0. The highest BCUT2D eigenvalue weighted by molar-refractivity contribution is 5.48. The van der Waals surface area contributed by atoms with E-state index < -0.39 is 0 Å². The van der Waals surface area contributed by atoms with Crippen molar-refractivity contribution in [3.8, 4) is 11.5 Å². The Bertz CT molecular complexity index is 936. The van der Waals surface area contributed by atoms with Gasteiger partial charge in [-0.05, 0) is 86.1 Å². The fraction of sp³-hybridized carbons (Fsp3) is 0.308. The number of hydrogen-bond acceptors (Lipinski definition) is 2. The Kier molecular flexibility index (Phi) is 4.89. The van der Waals surface area contributed by atoms with Crippen LogP contribution in [0.3, 0.4) is 0 Å². The third-order valence-electron chi connectivity index (χ3n) is 5.48. The predicted molar refractivity (Wildman–Crippen MR) is 114 cm³/mol. The van der Waals surface area contributed by atoms with Crippen molar-refractivity contribution in [3.05, 3.63) is 95.1 Å². The number of fused-ring (bicyclic) bond motifs is 1. The van der Waals surface area contributed by atoms with E-state index in [0.717, 1.165) is 18.6 Å². The zero-order chi connectivity index (χ0) is 19.7. The van der Waals surface area contributed by atoms with E-state index in [4.69, 9.17) is 4.74 Å². The standard InChI is InChI=1S/C26H28O2/c1-26(2,3)28-22-14-16-24-20(17-22)11-15-23(18-7-5-4-6-8-18)25(24)19-9-12-21(27)13-10-19/h4-10,12-14,16-17,23,25,27H,11,15H2,1-3H3/t23-,25+/m1/s1. The number of rotatable bonds is 3. The van der Waals surface area contributed by atoms with Gasteiger partial charge in [0.05, 0.1) is 0 Å². The van der Waals surface area contributed by atoms with Crippen LogP contribution in [0, 0.1) is 0 Å². The highest BCUT2D eigenvalue weighted by Gasteiger charge is 2.32. The van der Waals surface area contributed by atoms with Gasteiger partial charge in [0.1, 0.15) is 17.1 Å². The molecule has 2 heteroatoms. The Balaban J connectivity index is 1.78. The number of phenols is 1. The summed E-state index contributed by atoms with van der Waals surface area (Å²) in [7, 11) is 0. The van der Waals surface area contributed by atoms with Crippen LogP contribution >= 0.6 is 0 Å². The van der Waals surface area contributed by atoms with Crippen molar-refractivity contribution in [2.45, 2.75) is 51.0 Å². The second-order valence-corrected chi connectivity index (χ2v) is 8.70. The number of hydrogen-bond donors (Lipinski definition) is 1. The van der Waals surface area contributed by atoms with Crippen LogP contribution in [0.2, 0.25) is 0 Å². The van der Waals surface area contributed by atoms with Gasteiger partial charge in [-0.3, -0.25) is 0 Å². The highest BCUT2D eigenvalue weighted by atomic mass is 16.5. The first-order valence-corrected chi connectivity index (χ1v) is 10.1. The molecule has 0 amide bonds. The van der Waals surface area contributed by atoms with Crippen molar-refractivity contribution in [1.82, 2.24) is 0 Å². The summed E-state index contributed by atoms with van der Waals surface area (Å²) in [5, 5.41) is 9.76. The number of benzene rings is 3. The summed E-state index contributed by atoms with van der Waals surface area (Å²) in [5.41, 5.74) is 5.16. The largest absolute Gasteiger partial charge is 0.508 e. The average Bonchev–Trinajstić information content (AvgIpc) is 2.67. The summed E-state index contributed by atoms with van der Waals surface area (Å²) in [6.07, 6.45) is 2.15. The Morgan fingerprint density at radius 3 is 2.25 bits per heavy atom. The molecule has 0 saturated heterocycles. The topological polar surface area (TPSA) is 29.5 Å². The highest BCUT2D eigenvalue weighted by Crippen LogP contribution is 2.47. The lowest BCUT2D eigenvalue weighted by molar-refractivity contribution is 0.130. The molecule has 2 nitrogen and oxygen atoms in total. The van der Waals surface area contributed by atoms with Gasteiger partial charge in [0.15, 0.2) is 0 Å². The summed E-state index contributed by atoms with van der Waals surface area (Å²) in [6.45, 7) is 6.24. The Morgan fingerprint density at radius 1 is 0.857 bits per heavy atom. The molecule has 0 fully saturated rings. The minimum absolute atomic E-state index is 0.203. The molecule has 0 aliphatic heterocycles. The molecule has 0 unspecified atom stereocenters. The van der Waals surface area contributed by atoms with Gasteiger partial charge in [0.25, 0.3) is 0 Å². The molecule has 1 aliphatic rings. The van der Waals surface area contributed by atoms with Gasteiger partial charge in [0.2, 0.25) is 0 Å². The maximum Gasteiger partial charge on any atom is 0.120 e. The normalized spacial score (nSPS) is 19.1. The molecule has 0 heterocycles. The van der Waals surface area contributed by atoms with E-state index in [2.05, 4.69) is 81.4 Å². The fourth-order valence-electron chi connectivity index (χ4n) is 4.37. The smallest absolute Gasteiger partial charge is 0.120 e. The fourth-order valence-corrected chi connectivity index (χ4v) is 4.37. The van der Waals surface area contributed by atoms with Crippen LogP contribution in [0.25, 0.3) is 0 Å². The van der Waals surface area contributed by atoms with Crippen molar-refractivity contribution in [2.24, 2.45) is 0 Å². The van der Waals surface area contributed by atoms with Gasteiger partial charge in [0, 0.05) is 5.92 Å². The van der Waals surface area contributed by atoms with Crippen molar-refractivity contribution < 1.29 is 9.84 Å². The molecule has 1 N–H and O–H groups in total. The summed E-state index contributed by atoms with van der Waals surface area (Å²) in [5.74, 6) is 1.95. The van der Waals surface area contributed by atoms with Crippen molar-refractivity contribution >= 4 is 0 Å². The molecule has 2 atom stereocenters. The molecule has 28 heavy (non-hydrogen) atoms. The molecule has 3 aromatic carbocycles. The maximum atomic E-state index is 9.76. The summed E-state index contributed by atoms with van der Waals surface area (Å²) in [6, 6.07) is 25.1. The molecule has 3 aromatic rings. The Morgan fingerprint density at radius 2 is 1.57 bits per heavy atom. The SMILES string of the molecule is CC(C)(C)Oc1ccc2c(c1)CC[C@H](c1ccccc1)[C@@H]2c1ccc(O)cc1. The molecule has 0 aromatic heterocycles. The molecule has 1 aliphatic carbocycles. The van der Waals surface area contributed by atoms with Crippen molar-refractivity contribution in [3.63, 3.8) is 0 Å². The molecule has 0 spiro atoms. The van der Waals surface area contributed by atoms with Gasteiger partial charge >= 0.3 is 0 Å². The molecule has 4 rings (SSSR count). The predicted octanol–water partition coefficient (Wildman–Crippen LogP) is 6.43. The quantitative estimate of drug-likeness (QED) is 0.574. The second kappa shape index (κ2) is 7.35. The van der Waals surface area contributed by atoms with E-state index in [0.29, 0.717) is 11.7 Å². The van der Waals surface area contributed by atoms with Crippen molar-refractivity contribution in [1.29, 1.82) is 0 Å². The second-order valence-electron chi connectivity index (χ2n) is 8.70. The lowest BCUT2D eigenvalue weighted by Gasteiger charge is -2.35.